The number of hydrogen-bond acceptors (Lipinski definition) is 2. The van der Waals surface area contributed by atoms with Gasteiger partial charge in [-0.3, -0.25) is 4.79 Å². The van der Waals surface area contributed by atoms with Crippen molar-refractivity contribution in [2.24, 2.45) is 5.92 Å². The molecule has 0 radical (unpaired) electrons. The van der Waals surface area contributed by atoms with E-state index in [0.717, 1.165) is 43.2 Å². The van der Waals surface area contributed by atoms with E-state index in [1.807, 2.05) is 0 Å². The number of rotatable bonds is 2. The van der Waals surface area contributed by atoms with Crippen LogP contribution in [-0.2, 0) is 17.6 Å². The summed E-state index contributed by atoms with van der Waals surface area (Å²) in [6.45, 7) is 2.03. The van der Waals surface area contributed by atoms with Gasteiger partial charge in [0.05, 0.1) is 0 Å². The molecule has 0 saturated carbocycles. The number of benzene rings is 1. The van der Waals surface area contributed by atoms with Gasteiger partial charge in [-0.25, -0.2) is 0 Å². The van der Waals surface area contributed by atoms with Crippen molar-refractivity contribution in [1.29, 1.82) is 0 Å². The minimum Gasteiger partial charge on any atom is -0.353 e. The summed E-state index contributed by atoms with van der Waals surface area (Å²) in [4.78, 5) is 12.3. The molecule has 1 amide bonds. The highest BCUT2D eigenvalue weighted by Gasteiger charge is 2.28. The lowest BCUT2D eigenvalue weighted by atomic mass is 10.0. The first-order chi connectivity index (χ1) is 9.22. The third-order valence-corrected chi connectivity index (χ3v) is 4.65. The molecule has 3 nitrogen and oxygen atoms in total. The average molecular weight is 323 g/mol. The Bertz CT molecular complexity index is 483. The Balaban J connectivity index is 1.60. The van der Waals surface area contributed by atoms with Crippen molar-refractivity contribution in [3.63, 3.8) is 0 Å². The number of fused-ring (bicyclic) bond motifs is 1. The van der Waals surface area contributed by atoms with Crippen molar-refractivity contribution in [3.8, 4) is 0 Å². The van der Waals surface area contributed by atoms with Crippen LogP contribution in [0.2, 0.25) is 0 Å². The van der Waals surface area contributed by atoms with E-state index in [0.29, 0.717) is 6.04 Å². The number of amides is 1. The largest absolute Gasteiger partial charge is 0.353 e. The lowest BCUT2D eigenvalue weighted by Gasteiger charge is -2.25. The molecule has 0 bridgehead atoms. The monoisotopic (exact) mass is 322 g/mol. The first kappa shape index (κ1) is 13.1. The van der Waals surface area contributed by atoms with Crippen LogP contribution < -0.4 is 10.6 Å². The van der Waals surface area contributed by atoms with Crippen LogP contribution in [0.5, 0.6) is 0 Å². The van der Waals surface area contributed by atoms with Crippen molar-refractivity contribution in [3.05, 3.63) is 33.8 Å². The lowest BCUT2D eigenvalue weighted by molar-refractivity contribution is -0.125. The van der Waals surface area contributed by atoms with Gasteiger partial charge in [0.25, 0.3) is 0 Å². The fourth-order valence-corrected chi connectivity index (χ4v) is 3.47. The summed E-state index contributed by atoms with van der Waals surface area (Å²) in [5.74, 6) is 0.360. The molecule has 1 saturated heterocycles. The summed E-state index contributed by atoms with van der Waals surface area (Å²) >= 11 is 3.49. The number of halogens is 1. The van der Waals surface area contributed by atoms with Crippen LogP contribution >= 0.6 is 15.9 Å². The zero-order valence-electron chi connectivity index (χ0n) is 10.9. The molecule has 0 spiro atoms. The van der Waals surface area contributed by atoms with Crippen LogP contribution in [0.1, 0.15) is 24.0 Å². The van der Waals surface area contributed by atoms with Crippen LogP contribution in [-0.4, -0.2) is 25.0 Å². The van der Waals surface area contributed by atoms with Crippen LogP contribution in [0.25, 0.3) is 0 Å². The van der Waals surface area contributed by atoms with Gasteiger partial charge >= 0.3 is 0 Å². The third kappa shape index (κ3) is 3.00. The molecule has 1 aromatic rings. The Kier molecular flexibility index (Phi) is 3.89. The molecule has 4 heteroatoms. The predicted molar refractivity (Wildman–Crippen MR) is 79.1 cm³/mol. The van der Waals surface area contributed by atoms with E-state index in [9.17, 15) is 4.79 Å². The zero-order valence-corrected chi connectivity index (χ0v) is 12.5. The molecule has 1 aromatic carbocycles. The molecule has 1 fully saturated rings. The number of nitrogens with one attached hydrogen (secondary N) is 2. The number of hydrogen-bond donors (Lipinski definition) is 2. The summed E-state index contributed by atoms with van der Waals surface area (Å²) in [5, 5.41) is 6.54. The van der Waals surface area contributed by atoms with Gasteiger partial charge in [0, 0.05) is 16.4 Å². The second-order valence-corrected chi connectivity index (χ2v) is 6.47. The van der Waals surface area contributed by atoms with E-state index in [4.69, 9.17) is 0 Å². The van der Waals surface area contributed by atoms with Crippen LogP contribution in [0.3, 0.4) is 0 Å². The van der Waals surface area contributed by atoms with E-state index in [1.165, 1.54) is 11.1 Å². The molecule has 19 heavy (non-hydrogen) atoms. The minimum absolute atomic E-state index is 0.124. The normalized spacial score (nSPS) is 23.1. The van der Waals surface area contributed by atoms with Crippen molar-refractivity contribution in [2.45, 2.75) is 31.7 Å². The number of piperidine rings is 1. The standard InChI is InChI=1S/C15H19BrN2O/c16-13-2-1-10-7-12(8-11(10)9-13)15(19)18-14-3-5-17-6-4-14/h1-2,9,12,14,17H,3-8H2,(H,18,19). The smallest absolute Gasteiger partial charge is 0.223 e. The van der Waals surface area contributed by atoms with Crippen LogP contribution in [0, 0.1) is 5.92 Å². The molecule has 102 valence electrons. The Morgan fingerprint density at radius 3 is 2.74 bits per heavy atom. The number of carbonyl (C=O) groups is 1. The lowest BCUT2D eigenvalue weighted by Crippen LogP contribution is -2.45. The summed E-state index contributed by atoms with van der Waals surface area (Å²) in [6.07, 6.45) is 3.87. The van der Waals surface area contributed by atoms with Gasteiger partial charge in [0.15, 0.2) is 0 Å². The van der Waals surface area contributed by atoms with Crippen molar-refractivity contribution < 1.29 is 4.79 Å². The van der Waals surface area contributed by atoms with Gasteiger partial charge in [0.2, 0.25) is 5.91 Å². The summed E-state index contributed by atoms with van der Waals surface area (Å²) in [5.41, 5.74) is 2.65. The maximum absolute atomic E-state index is 12.3. The molecule has 2 N–H and O–H groups in total. The molecule has 3 rings (SSSR count). The fourth-order valence-electron chi connectivity index (χ4n) is 3.06. The molecular formula is C15H19BrN2O. The first-order valence-corrected chi connectivity index (χ1v) is 7.80. The van der Waals surface area contributed by atoms with Gasteiger partial charge in [-0.05, 0) is 62.0 Å². The molecule has 0 aromatic heterocycles. The van der Waals surface area contributed by atoms with Gasteiger partial charge in [0.1, 0.15) is 0 Å². The molecule has 1 heterocycles. The molecular weight excluding hydrogens is 304 g/mol. The molecule has 1 atom stereocenters. The predicted octanol–water partition coefficient (Wildman–Crippen LogP) is 2.03. The Labute approximate surface area is 122 Å². The van der Waals surface area contributed by atoms with Gasteiger partial charge in [-0.2, -0.15) is 0 Å². The highest BCUT2D eigenvalue weighted by molar-refractivity contribution is 9.10. The Morgan fingerprint density at radius 1 is 1.21 bits per heavy atom. The van der Waals surface area contributed by atoms with Crippen molar-refractivity contribution >= 4 is 21.8 Å². The van der Waals surface area contributed by atoms with E-state index in [-0.39, 0.29) is 11.8 Å². The molecule has 1 aliphatic carbocycles. The van der Waals surface area contributed by atoms with Crippen molar-refractivity contribution in [2.75, 3.05) is 13.1 Å². The maximum atomic E-state index is 12.3. The quantitative estimate of drug-likeness (QED) is 0.874. The Morgan fingerprint density at radius 2 is 1.95 bits per heavy atom. The topological polar surface area (TPSA) is 41.1 Å². The first-order valence-electron chi connectivity index (χ1n) is 7.01. The average Bonchev–Trinajstić information content (AvgIpc) is 2.83. The minimum atomic E-state index is 0.124. The van der Waals surface area contributed by atoms with Crippen molar-refractivity contribution in [1.82, 2.24) is 10.6 Å². The third-order valence-electron chi connectivity index (χ3n) is 4.16. The van der Waals surface area contributed by atoms with Gasteiger partial charge in [-0.1, -0.05) is 22.0 Å². The Hall–Kier alpha value is -0.870. The van der Waals surface area contributed by atoms with Crippen LogP contribution in [0.4, 0.5) is 0 Å². The van der Waals surface area contributed by atoms with Gasteiger partial charge in [-0.15, -0.1) is 0 Å². The second-order valence-electron chi connectivity index (χ2n) is 5.55. The van der Waals surface area contributed by atoms with E-state index in [1.54, 1.807) is 0 Å². The van der Waals surface area contributed by atoms with E-state index >= 15 is 0 Å². The van der Waals surface area contributed by atoms with E-state index < -0.39 is 0 Å². The summed E-state index contributed by atoms with van der Waals surface area (Å²) in [7, 11) is 0. The van der Waals surface area contributed by atoms with Crippen LogP contribution in [0.15, 0.2) is 22.7 Å². The van der Waals surface area contributed by atoms with Gasteiger partial charge < -0.3 is 10.6 Å². The fraction of sp³-hybridized carbons (Fsp3) is 0.533. The molecule has 2 aliphatic rings. The highest BCUT2D eigenvalue weighted by Crippen LogP contribution is 2.29. The zero-order chi connectivity index (χ0) is 13.2. The molecule has 1 aliphatic heterocycles. The summed E-state index contributed by atoms with van der Waals surface area (Å²) in [6, 6.07) is 6.71. The maximum Gasteiger partial charge on any atom is 0.223 e. The van der Waals surface area contributed by atoms with E-state index in [2.05, 4.69) is 44.8 Å². The molecule has 1 unspecified atom stereocenters. The SMILES string of the molecule is O=C(NC1CCNCC1)C1Cc2ccc(Br)cc2C1. The summed E-state index contributed by atoms with van der Waals surface area (Å²) < 4.78 is 1.10. The number of carbonyl (C=O) groups excluding carboxylic acids is 1. The second kappa shape index (κ2) is 5.63. The highest BCUT2D eigenvalue weighted by atomic mass is 79.9.